The molecule has 0 aliphatic rings. The summed E-state index contributed by atoms with van der Waals surface area (Å²) in [5.74, 6) is -0.908. The van der Waals surface area contributed by atoms with Crippen LogP contribution in [0.25, 0.3) is 0 Å². The standard InChI is InChI=1S/C48H82NO9P/c1-6-8-10-11-12-13-14-15-16-17-18-19-24-27-30-33-36-40-48(52)58-46(44-57-59(53,54)56-42-41-49(3,4)5)43-55-47(51)39-35-32-29-26-23-21-20-22-25-28-31-34-38-45(50)37-9-7-2/h9,12-13,15-16,20-21,25-26,28-29,31,34,37,45-46,50H,6-8,10-11,14,17-19,22-24,27,30,32-33,35-36,38-44H2,1-5H3/p+1/b13-12-,16-15-,21-20-,28-25-,29-26-,34-31+,37-9-/t45?,46-/m1/s1. The third-order valence-corrected chi connectivity index (χ3v) is 9.97. The number of nitrogens with zero attached hydrogens (tertiary/aromatic N) is 1. The zero-order chi connectivity index (χ0) is 43.7. The van der Waals surface area contributed by atoms with Crippen molar-refractivity contribution in [1.29, 1.82) is 0 Å². The largest absolute Gasteiger partial charge is 0.472 e. The molecule has 0 radical (unpaired) electrons. The van der Waals surface area contributed by atoms with Gasteiger partial charge in [-0.15, -0.1) is 0 Å². The van der Waals surface area contributed by atoms with Crippen molar-refractivity contribution in [3.63, 3.8) is 0 Å². The van der Waals surface area contributed by atoms with Crippen LogP contribution in [0.4, 0.5) is 0 Å². The van der Waals surface area contributed by atoms with Gasteiger partial charge in [0.05, 0.1) is 33.9 Å². The first-order valence-corrected chi connectivity index (χ1v) is 23.9. The van der Waals surface area contributed by atoms with Gasteiger partial charge in [0.15, 0.2) is 6.10 Å². The van der Waals surface area contributed by atoms with E-state index in [0.29, 0.717) is 36.7 Å². The molecule has 0 saturated carbocycles. The Hall–Kier alpha value is -2.85. The second-order valence-electron chi connectivity index (χ2n) is 15.9. The molecule has 0 rings (SSSR count). The smallest absolute Gasteiger partial charge is 0.462 e. The molecule has 338 valence electrons. The van der Waals surface area contributed by atoms with E-state index < -0.39 is 38.6 Å². The van der Waals surface area contributed by atoms with Crippen molar-refractivity contribution in [3.05, 3.63) is 85.1 Å². The fourth-order valence-corrected chi connectivity index (χ4v) is 6.19. The summed E-state index contributed by atoms with van der Waals surface area (Å²) >= 11 is 0. The summed E-state index contributed by atoms with van der Waals surface area (Å²) in [5, 5.41) is 9.77. The number of aliphatic hydroxyl groups excluding tert-OH is 1. The molecule has 0 aromatic heterocycles. The van der Waals surface area contributed by atoms with Crippen LogP contribution in [0.5, 0.6) is 0 Å². The van der Waals surface area contributed by atoms with Crippen molar-refractivity contribution in [2.24, 2.45) is 0 Å². The van der Waals surface area contributed by atoms with Gasteiger partial charge >= 0.3 is 19.8 Å². The number of phosphoric ester groups is 1. The van der Waals surface area contributed by atoms with Crippen LogP contribution in [0.1, 0.15) is 149 Å². The van der Waals surface area contributed by atoms with Crippen molar-refractivity contribution >= 4 is 19.8 Å². The van der Waals surface area contributed by atoms with E-state index in [1.165, 1.54) is 44.9 Å². The second kappa shape index (κ2) is 39.3. The van der Waals surface area contributed by atoms with Gasteiger partial charge in [-0.3, -0.25) is 18.6 Å². The number of esters is 2. The Morgan fingerprint density at radius 2 is 1.17 bits per heavy atom. The van der Waals surface area contributed by atoms with E-state index in [1.54, 1.807) is 0 Å². The minimum atomic E-state index is -4.41. The van der Waals surface area contributed by atoms with Gasteiger partial charge in [0.2, 0.25) is 0 Å². The number of likely N-dealkylation sites (N-methyl/N-ethyl adjacent to an activating group) is 1. The van der Waals surface area contributed by atoms with Gasteiger partial charge in [0.1, 0.15) is 19.8 Å². The zero-order valence-electron chi connectivity index (χ0n) is 37.6. The van der Waals surface area contributed by atoms with Gasteiger partial charge in [-0.25, -0.2) is 4.57 Å². The lowest BCUT2D eigenvalue weighted by Gasteiger charge is -2.24. The van der Waals surface area contributed by atoms with Crippen LogP contribution < -0.4 is 0 Å². The highest BCUT2D eigenvalue weighted by atomic mass is 31.2. The van der Waals surface area contributed by atoms with Crippen molar-refractivity contribution in [2.75, 3.05) is 47.5 Å². The van der Waals surface area contributed by atoms with Crippen molar-refractivity contribution in [1.82, 2.24) is 0 Å². The SMILES string of the molecule is CC/C=C\C(O)C/C=C/C=C\C/C=C\C/C=C\CCCC(=O)OC[C@H](COP(=O)(O)OCC[N+](C)(C)C)OC(=O)CCCCCCCCC/C=C\C/C=C\CCCCC. The maximum Gasteiger partial charge on any atom is 0.472 e. The van der Waals surface area contributed by atoms with Crippen LogP contribution in [0.2, 0.25) is 0 Å². The maximum atomic E-state index is 12.7. The highest BCUT2D eigenvalue weighted by molar-refractivity contribution is 7.47. The van der Waals surface area contributed by atoms with E-state index >= 15 is 0 Å². The van der Waals surface area contributed by atoms with Crippen molar-refractivity contribution < 1.29 is 47.2 Å². The van der Waals surface area contributed by atoms with Crippen molar-refractivity contribution in [2.45, 2.75) is 161 Å². The van der Waals surface area contributed by atoms with Gasteiger partial charge in [0.25, 0.3) is 0 Å². The lowest BCUT2D eigenvalue weighted by atomic mass is 10.1. The summed E-state index contributed by atoms with van der Waals surface area (Å²) in [6.07, 6.45) is 46.9. The van der Waals surface area contributed by atoms with E-state index in [-0.39, 0.29) is 26.1 Å². The number of carbonyl (C=O) groups excluding carboxylic acids is 2. The number of rotatable bonds is 39. The topological polar surface area (TPSA) is 129 Å². The highest BCUT2D eigenvalue weighted by Crippen LogP contribution is 2.43. The molecule has 0 aliphatic heterocycles. The molecule has 11 heteroatoms. The number of phosphoric acid groups is 1. The minimum Gasteiger partial charge on any atom is -0.462 e. The molecule has 0 fully saturated rings. The van der Waals surface area contributed by atoms with Crippen molar-refractivity contribution in [3.8, 4) is 0 Å². The monoisotopic (exact) mass is 849 g/mol. The number of quaternary nitrogens is 1. The number of carbonyl (C=O) groups is 2. The van der Waals surface area contributed by atoms with Gasteiger partial charge in [-0.2, -0.15) is 0 Å². The Kier molecular flexibility index (Phi) is 37.4. The highest BCUT2D eigenvalue weighted by Gasteiger charge is 2.27. The molecule has 0 spiro atoms. The fourth-order valence-electron chi connectivity index (χ4n) is 5.45. The number of unbranched alkanes of at least 4 members (excludes halogenated alkanes) is 11. The lowest BCUT2D eigenvalue weighted by molar-refractivity contribution is -0.870. The molecule has 10 nitrogen and oxygen atoms in total. The second-order valence-corrected chi connectivity index (χ2v) is 17.3. The maximum absolute atomic E-state index is 12.7. The van der Waals surface area contributed by atoms with Gasteiger partial charge < -0.3 is 24.0 Å². The Morgan fingerprint density at radius 3 is 1.80 bits per heavy atom. The predicted octanol–water partition coefficient (Wildman–Crippen LogP) is 11.8. The Balaban J connectivity index is 4.50. The number of aliphatic hydroxyl groups is 1. The van der Waals surface area contributed by atoms with E-state index in [9.17, 15) is 24.2 Å². The van der Waals surface area contributed by atoms with Crippen LogP contribution in [0.15, 0.2) is 85.1 Å². The summed E-state index contributed by atoms with van der Waals surface area (Å²) in [6.45, 7) is 4.05. The molecule has 0 saturated heterocycles. The van der Waals surface area contributed by atoms with Crippen LogP contribution in [-0.2, 0) is 32.7 Å². The molecular weight excluding hydrogens is 765 g/mol. The Labute approximate surface area is 359 Å². The lowest BCUT2D eigenvalue weighted by Crippen LogP contribution is -2.37. The minimum absolute atomic E-state index is 0.00955. The number of ether oxygens (including phenoxy) is 2. The molecule has 0 amide bonds. The van der Waals surface area contributed by atoms with Gasteiger partial charge in [-0.1, -0.05) is 144 Å². The zero-order valence-corrected chi connectivity index (χ0v) is 38.5. The molecule has 0 aromatic rings. The third-order valence-electron chi connectivity index (χ3n) is 8.98. The number of hydrogen-bond donors (Lipinski definition) is 2. The number of allylic oxidation sites excluding steroid dienone is 12. The molecule has 0 heterocycles. The predicted molar refractivity (Wildman–Crippen MR) is 244 cm³/mol. The molecule has 0 aromatic carbocycles. The summed E-state index contributed by atoms with van der Waals surface area (Å²) in [4.78, 5) is 35.4. The van der Waals surface area contributed by atoms with E-state index in [2.05, 4.69) is 55.5 Å². The molecular formula is C48H83NO9P+. The van der Waals surface area contributed by atoms with E-state index in [4.69, 9.17) is 18.5 Å². The fraction of sp³-hybridized carbons (Fsp3) is 0.667. The molecule has 0 bridgehead atoms. The van der Waals surface area contributed by atoms with Gasteiger partial charge in [0, 0.05) is 12.8 Å². The average molecular weight is 849 g/mol. The normalized spacial score (nSPS) is 14.9. The summed E-state index contributed by atoms with van der Waals surface area (Å²) < 4.78 is 34.2. The summed E-state index contributed by atoms with van der Waals surface area (Å²) in [5.41, 5.74) is 0. The third kappa shape index (κ3) is 43.1. The molecule has 59 heavy (non-hydrogen) atoms. The summed E-state index contributed by atoms with van der Waals surface area (Å²) in [7, 11) is 1.40. The first-order valence-electron chi connectivity index (χ1n) is 22.4. The van der Waals surface area contributed by atoms with Crippen LogP contribution in [0, 0.1) is 0 Å². The van der Waals surface area contributed by atoms with E-state index in [0.717, 1.165) is 51.4 Å². The first kappa shape index (κ1) is 56.1. The van der Waals surface area contributed by atoms with Crippen LogP contribution in [-0.4, -0.2) is 86.1 Å². The molecule has 2 N–H and O–H groups in total. The average Bonchev–Trinajstić information content (AvgIpc) is 3.18. The first-order chi connectivity index (χ1) is 28.4. The summed E-state index contributed by atoms with van der Waals surface area (Å²) in [6, 6.07) is 0. The van der Waals surface area contributed by atoms with E-state index in [1.807, 2.05) is 64.5 Å². The van der Waals surface area contributed by atoms with Gasteiger partial charge in [-0.05, 0) is 77.0 Å². The number of hydrogen-bond acceptors (Lipinski definition) is 8. The Bertz CT molecular complexity index is 1300. The Morgan fingerprint density at radius 1 is 0.627 bits per heavy atom. The molecule has 3 atom stereocenters. The van der Waals surface area contributed by atoms with Crippen LogP contribution >= 0.6 is 7.82 Å². The molecule has 0 aliphatic carbocycles. The molecule has 2 unspecified atom stereocenters. The van der Waals surface area contributed by atoms with Crippen LogP contribution in [0.3, 0.4) is 0 Å². The quantitative estimate of drug-likeness (QED) is 0.0155.